The second-order valence-electron chi connectivity index (χ2n) is 5.27. The third-order valence-electron chi connectivity index (χ3n) is 3.25. The number of benzene rings is 1. The topological polar surface area (TPSA) is 43.4 Å². The van der Waals surface area contributed by atoms with Crippen LogP contribution in [0.4, 0.5) is 0 Å². The fraction of sp³-hybridized carbons (Fsp3) is 0.529. The molecule has 0 amide bonds. The Balaban J connectivity index is 2.79. The Bertz CT molecular complexity index is 497. The number of ether oxygens (including phenoxy) is 1. The van der Waals surface area contributed by atoms with Gasteiger partial charge in [-0.3, -0.25) is 9.59 Å². The first kappa shape index (κ1) is 17.9. The molecule has 0 heterocycles. The molecule has 1 rings (SSSR count). The SMILES string of the molecule is CCCCCC[C@@H](Br)C(=O)c1cc(C)ccc1OC(C)=O. The number of Topliss-reactive ketones (excluding diaryl/α,β-unsaturated/α-hetero) is 1. The highest BCUT2D eigenvalue weighted by Crippen LogP contribution is 2.25. The second-order valence-corrected chi connectivity index (χ2v) is 6.38. The van der Waals surface area contributed by atoms with Crippen molar-refractivity contribution in [2.75, 3.05) is 0 Å². The summed E-state index contributed by atoms with van der Waals surface area (Å²) in [5.74, 6) is -0.0930. The number of ketones is 1. The van der Waals surface area contributed by atoms with Crippen LogP contribution in [0.5, 0.6) is 5.75 Å². The van der Waals surface area contributed by atoms with Crippen LogP contribution in [0.15, 0.2) is 18.2 Å². The van der Waals surface area contributed by atoms with Gasteiger partial charge in [-0.25, -0.2) is 0 Å². The Labute approximate surface area is 135 Å². The van der Waals surface area contributed by atoms with Crippen molar-refractivity contribution < 1.29 is 14.3 Å². The standard InChI is InChI=1S/C17H23BrO3/c1-4-5-6-7-8-15(18)17(20)14-11-12(2)9-10-16(14)21-13(3)19/h9-11,15H,4-8H2,1-3H3/t15-/m1/s1. The first-order chi connectivity index (χ1) is 9.95. The number of unbranched alkanes of at least 4 members (excludes halogenated alkanes) is 3. The molecule has 0 radical (unpaired) electrons. The van der Waals surface area contributed by atoms with Gasteiger partial charge in [-0.2, -0.15) is 0 Å². The van der Waals surface area contributed by atoms with E-state index in [1.165, 1.54) is 19.8 Å². The number of carbonyl (C=O) groups is 2. The summed E-state index contributed by atoms with van der Waals surface area (Å²) in [4.78, 5) is 23.4. The van der Waals surface area contributed by atoms with E-state index >= 15 is 0 Å². The van der Waals surface area contributed by atoms with Gasteiger partial charge in [0.1, 0.15) is 5.75 Å². The monoisotopic (exact) mass is 354 g/mol. The number of rotatable bonds is 8. The number of halogens is 1. The number of aryl methyl sites for hydroxylation is 1. The molecule has 0 aliphatic rings. The van der Waals surface area contributed by atoms with Gasteiger partial charge >= 0.3 is 5.97 Å². The van der Waals surface area contributed by atoms with Gasteiger partial charge in [-0.05, 0) is 25.5 Å². The average Bonchev–Trinajstić information content (AvgIpc) is 2.44. The molecule has 3 nitrogen and oxygen atoms in total. The number of hydrogen-bond acceptors (Lipinski definition) is 3. The van der Waals surface area contributed by atoms with Crippen molar-refractivity contribution in [2.45, 2.75) is 57.7 Å². The van der Waals surface area contributed by atoms with Crippen molar-refractivity contribution in [3.05, 3.63) is 29.3 Å². The van der Waals surface area contributed by atoms with Crippen LogP contribution in [-0.4, -0.2) is 16.6 Å². The van der Waals surface area contributed by atoms with E-state index in [1.807, 2.05) is 13.0 Å². The third kappa shape index (κ3) is 6.00. The van der Waals surface area contributed by atoms with Gasteiger partial charge in [0, 0.05) is 6.92 Å². The lowest BCUT2D eigenvalue weighted by molar-refractivity contribution is -0.131. The van der Waals surface area contributed by atoms with Crippen LogP contribution in [0.3, 0.4) is 0 Å². The number of alkyl halides is 1. The molecule has 0 saturated heterocycles. The minimum Gasteiger partial charge on any atom is -0.426 e. The highest BCUT2D eigenvalue weighted by atomic mass is 79.9. The van der Waals surface area contributed by atoms with Crippen LogP contribution in [0.2, 0.25) is 0 Å². The first-order valence-corrected chi connectivity index (χ1v) is 8.34. The predicted molar refractivity (Wildman–Crippen MR) is 88.3 cm³/mol. The van der Waals surface area contributed by atoms with E-state index in [1.54, 1.807) is 12.1 Å². The van der Waals surface area contributed by atoms with Gasteiger partial charge in [-0.1, -0.05) is 60.2 Å². The predicted octanol–water partition coefficient (Wildman–Crippen LogP) is 4.84. The maximum atomic E-state index is 12.5. The van der Waals surface area contributed by atoms with Gasteiger partial charge in [0.05, 0.1) is 10.4 Å². The van der Waals surface area contributed by atoms with Crippen LogP contribution >= 0.6 is 15.9 Å². The van der Waals surface area contributed by atoms with E-state index < -0.39 is 5.97 Å². The van der Waals surface area contributed by atoms with E-state index in [4.69, 9.17) is 4.74 Å². The summed E-state index contributed by atoms with van der Waals surface area (Å²) >= 11 is 3.47. The smallest absolute Gasteiger partial charge is 0.308 e. The van der Waals surface area contributed by atoms with Crippen LogP contribution < -0.4 is 4.74 Å². The third-order valence-corrected chi connectivity index (χ3v) is 4.12. The highest BCUT2D eigenvalue weighted by molar-refractivity contribution is 9.10. The molecule has 0 saturated carbocycles. The molecule has 1 atom stereocenters. The van der Waals surface area contributed by atoms with Crippen molar-refractivity contribution in [2.24, 2.45) is 0 Å². The Morgan fingerprint density at radius 2 is 1.95 bits per heavy atom. The summed E-state index contributed by atoms with van der Waals surface area (Å²) < 4.78 is 5.13. The maximum absolute atomic E-state index is 12.5. The van der Waals surface area contributed by atoms with Crippen molar-refractivity contribution >= 4 is 27.7 Å². The van der Waals surface area contributed by atoms with Gasteiger partial charge in [0.15, 0.2) is 5.78 Å². The molecule has 1 aromatic carbocycles. The molecule has 0 aromatic heterocycles. The van der Waals surface area contributed by atoms with Crippen LogP contribution in [0, 0.1) is 6.92 Å². The maximum Gasteiger partial charge on any atom is 0.308 e. The molecule has 21 heavy (non-hydrogen) atoms. The first-order valence-electron chi connectivity index (χ1n) is 7.43. The molecule has 0 bridgehead atoms. The zero-order valence-corrected chi connectivity index (χ0v) is 14.5. The van der Waals surface area contributed by atoms with Crippen molar-refractivity contribution in [1.29, 1.82) is 0 Å². The van der Waals surface area contributed by atoms with Crippen molar-refractivity contribution in [3.8, 4) is 5.75 Å². The Kier molecular flexibility index (Phi) is 7.65. The molecule has 0 aliphatic carbocycles. The summed E-state index contributed by atoms with van der Waals surface area (Å²) in [6.45, 7) is 5.41. The van der Waals surface area contributed by atoms with Gasteiger partial charge in [0.2, 0.25) is 0 Å². The largest absolute Gasteiger partial charge is 0.426 e. The van der Waals surface area contributed by atoms with Crippen LogP contribution in [0.25, 0.3) is 0 Å². The molecule has 0 spiro atoms. The summed E-state index contributed by atoms with van der Waals surface area (Å²) in [5.41, 5.74) is 1.45. The zero-order valence-electron chi connectivity index (χ0n) is 12.9. The molecule has 1 aromatic rings. The van der Waals surface area contributed by atoms with Gasteiger partial charge < -0.3 is 4.74 Å². The molecule has 4 heteroatoms. The lowest BCUT2D eigenvalue weighted by Gasteiger charge is -2.13. The van der Waals surface area contributed by atoms with E-state index in [2.05, 4.69) is 22.9 Å². The minimum atomic E-state index is -0.415. The Morgan fingerprint density at radius 3 is 2.57 bits per heavy atom. The summed E-state index contributed by atoms with van der Waals surface area (Å²) in [6, 6.07) is 5.29. The highest BCUT2D eigenvalue weighted by Gasteiger charge is 2.21. The molecular formula is C17H23BrO3. The molecular weight excluding hydrogens is 332 g/mol. The summed E-state index contributed by atoms with van der Waals surface area (Å²) in [6.07, 6.45) is 5.32. The van der Waals surface area contributed by atoms with Gasteiger partial charge in [0.25, 0.3) is 0 Å². The van der Waals surface area contributed by atoms with E-state index in [0.717, 1.165) is 24.8 Å². The zero-order chi connectivity index (χ0) is 15.8. The van der Waals surface area contributed by atoms with E-state index in [9.17, 15) is 9.59 Å². The lowest BCUT2D eigenvalue weighted by Crippen LogP contribution is -2.16. The minimum absolute atomic E-state index is 0.0218. The fourth-order valence-corrected chi connectivity index (χ4v) is 2.70. The van der Waals surface area contributed by atoms with Crippen LogP contribution in [-0.2, 0) is 4.79 Å². The molecule has 116 valence electrons. The molecule has 0 unspecified atom stereocenters. The molecule has 0 N–H and O–H groups in total. The summed E-state index contributed by atoms with van der Waals surface area (Å²) in [5, 5.41) is 0. The van der Waals surface area contributed by atoms with Crippen molar-refractivity contribution in [3.63, 3.8) is 0 Å². The Morgan fingerprint density at radius 1 is 1.24 bits per heavy atom. The van der Waals surface area contributed by atoms with Crippen LogP contribution in [0.1, 0.15) is 61.9 Å². The quantitative estimate of drug-likeness (QED) is 0.220. The number of esters is 1. The van der Waals surface area contributed by atoms with E-state index in [-0.39, 0.29) is 10.6 Å². The second kappa shape index (κ2) is 8.98. The Hall–Kier alpha value is -1.16. The fourth-order valence-electron chi connectivity index (χ4n) is 2.13. The average molecular weight is 355 g/mol. The normalized spacial score (nSPS) is 12.0. The lowest BCUT2D eigenvalue weighted by atomic mass is 10.0. The molecule has 0 aliphatic heterocycles. The van der Waals surface area contributed by atoms with E-state index in [0.29, 0.717) is 11.3 Å². The summed E-state index contributed by atoms with van der Waals surface area (Å²) in [7, 11) is 0. The van der Waals surface area contributed by atoms with Gasteiger partial charge in [-0.15, -0.1) is 0 Å². The number of carbonyl (C=O) groups excluding carboxylic acids is 2. The molecule has 0 fully saturated rings. The van der Waals surface area contributed by atoms with Crippen molar-refractivity contribution in [1.82, 2.24) is 0 Å². The number of hydrogen-bond donors (Lipinski definition) is 0.